The average molecular weight is 278 g/mol. The molecular weight excluding hydrogens is 260 g/mol. The third-order valence-electron chi connectivity index (χ3n) is 3.47. The monoisotopic (exact) mass is 278 g/mol. The molecule has 1 fully saturated rings. The number of nitrogens with one attached hydrogen (secondary N) is 1. The van der Waals surface area contributed by atoms with Gasteiger partial charge in [-0.05, 0) is 18.9 Å². The molecule has 2 rings (SSSR count). The van der Waals surface area contributed by atoms with Gasteiger partial charge in [-0.1, -0.05) is 6.92 Å². The number of hydrogen-bond donors (Lipinski definition) is 2. The molecule has 1 aromatic heterocycles. The van der Waals surface area contributed by atoms with Crippen LogP contribution in [0.5, 0.6) is 0 Å². The SMILES string of the molecule is Cc1nccc(CNC(=O)N2CC(C)C(C(=O)O)C2)n1. The zero-order chi connectivity index (χ0) is 14.7. The number of nitrogens with zero attached hydrogens (tertiary/aromatic N) is 3. The summed E-state index contributed by atoms with van der Waals surface area (Å²) in [5.41, 5.74) is 0.730. The highest BCUT2D eigenvalue weighted by molar-refractivity contribution is 5.77. The second-order valence-corrected chi connectivity index (χ2v) is 5.08. The Hall–Kier alpha value is -2.18. The van der Waals surface area contributed by atoms with Crippen LogP contribution in [0.15, 0.2) is 12.3 Å². The van der Waals surface area contributed by atoms with Crippen molar-refractivity contribution in [2.24, 2.45) is 11.8 Å². The highest BCUT2D eigenvalue weighted by Crippen LogP contribution is 2.22. The van der Waals surface area contributed by atoms with Crippen LogP contribution in [0.25, 0.3) is 0 Å². The van der Waals surface area contributed by atoms with Crippen molar-refractivity contribution in [3.8, 4) is 0 Å². The van der Waals surface area contributed by atoms with E-state index in [0.717, 1.165) is 5.69 Å². The van der Waals surface area contributed by atoms with Crippen molar-refractivity contribution in [1.29, 1.82) is 0 Å². The van der Waals surface area contributed by atoms with Gasteiger partial charge in [-0.15, -0.1) is 0 Å². The number of carbonyl (C=O) groups excluding carboxylic acids is 1. The van der Waals surface area contributed by atoms with E-state index in [-0.39, 0.29) is 18.5 Å². The van der Waals surface area contributed by atoms with Gasteiger partial charge < -0.3 is 15.3 Å². The van der Waals surface area contributed by atoms with E-state index in [4.69, 9.17) is 5.11 Å². The summed E-state index contributed by atoms with van der Waals surface area (Å²) in [4.78, 5) is 32.7. The lowest BCUT2D eigenvalue weighted by molar-refractivity contribution is -0.142. The number of carboxylic acid groups (broad SMARTS) is 1. The van der Waals surface area contributed by atoms with Gasteiger partial charge in [0.25, 0.3) is 0 Å². The van der Waals surface area contributed by atoms with Crippen LogP contribution in [0, 0.1) is 18.8 Å². The van der Waals surface area contributed by atoms with Crippen LogP contribution in [0.2, 0.25) is 0 Å². The number of aromatic nitrogens is 2. The van der Waals surface area contributed by atoms with Gasteiger partial charge >= 0.3 is 12.0 Å². The van der Waals surface area contributed by atoms with Gasteiger partial charge in [0.1, 0.15) is 5.82 Å². The fourth-order valence-electron chi connectivity index (χ4n) is 2.34. The van der Waals surface area contributed by atoms with Crippen molar-refractivity contribution in [3.63, 3.8) is 0 Å². The maximum Gasteiger partial charge on any atom is 0.317 e. The summed E-state index contributed by atoms with van der Waals surface area (Å²) in [5, 5.41) is 11.8. The van der Waals surface area contributed by atoms with Crippen LogP contribution in [-0.2, 0) is 11.3 Å². The molecule has 2 heterocycles. The summed E-state index contributed by atoms with van der Waals surface area (Å²) in [6.45, 7) is 4.66. The van der Waals surface area contributed by atoms with E-state index in [1.807, 2.05) is 6.92 Å². The summed E-state index contributed by atoms with van der Waals surface area (Å²) in [6.07, 6.45) is 1.64. The van der Waals surface area contributed by atoms with E-state index in [1.165, 1.54) is 4.90 Å². The van der Waals surface area contributed by atoms with Crippen molar-refractivity contribution in [1.82, 2.24) is 20.2 Å². The average Bonchev–Trinajstić information content (AvgIpc) is 2.78. The smallest absolute Gasteiger partial charge is 0.317 e. The number of hydrogen-bond acceptors (Lipinski definition) is 4. The predicted molar refractivity (Wildman–Crippen MR) is 70.9 cm³/mol. The first kappa shape index (κ1) is 14.2. The predicted octanol–water partition coefficient (Wildman–Crippen LogP) is 0.647. The largest absolute Gasteiger partial charge is 0.481 e. The van der Waals surface area contributed by atoms with Crippen LogP contribution in [-0.4, -0.2) is 45.1 Å². The van der Waals surface area contributed by atoms with Gasteiger partial charge in [0.05, 0.1) is 18.2 Å². The molecule has 2 atom stereocenters. The molecule has 7 nitrogen and oxygen atoms in total. The second kappa shape index (κ2) is 5.85. The molecule has 0 bridgehead atoms. The molecule has 108 valence electrons. The maximum atomic E-state index is 12.0. The van der Waals surface area contributed by atoms with Crippen LogP contribution in [0.4, 0.5) is 4.79 Å². The molecule has 1 aliphatic rings. The quantitative estimate of drug-likeness (QED) is 0.846. The lowest BCUT2D eigenvalue weighted by Crippen LogP contribution is -2.38. The van der Waals surface area contributed by atoms with Crippen LogP contribution in [0.1, 0.15) is 18.4 Å². The summed E-state index contributed by atoms with van der Waals surface area (Å²) in [6, 6.07) is 1.48. The highest BCUT2D eigenvalue weighted by Gasteiger charge is 2.36. The minimum absolute atomic E-state index is 0.0282. The lowest BCUT2D eigenvalue weighted by Gasteiger charge is -2.16. The molecule has 1 aromatic rings. The van der Waals surface area contributed by atoms with E-state index in [0.29, 0.717) is 18.9 Å². The molecule has 1 aliphatic heterocycles. The minimum atomic E-state index is -0.848. The topological polar surface area (TPSA) is 95.4 Å². The molecule has 0 aromatic carbocycles. The van der Waals surface area contributed by atoms with E-state index in [2.05, 4.69) is 15.3 Å². The molecule has 1 saturated heterocycles. The first-order valence-electron chi connectivity index (χ1n) is 6.51. The molecule has 20 heavy (non-hydrogen) atoms. The van der Waals surface area contributed by atoms with Crippen molar-refractivity contribution in [3.05, 3.63) is 23.8 Å². The molecule has 2 N–H and O–H groups in total. The Bertz CT molecular complexity index is 520. The van der Waals surface area contributed by atoms with Gasteiger partial charge in [0, 0.05) is 19.3 Å². The number of amides is 2. The number of carboxylic acids is 1. The van der Waals surface area contributed by atoms with Gasteiger partial charge in [-0.2, -0.15) is 0 Å². The summed E-state index contributed by atoms with van der Waals surface area (Å²) in [5.74, 6) is -0.710. The molecule has 0 radical (unpaired) electrons. The van der Waals surface area contributed by atoms with E-state index in [1.54, 1.807) is 19.2 Å². The molecule has 7 heteroatoms. The van der Waals surface area contributed by atoms with Crippen LogP contribution in [0.3, 0.4) is 0 Å². The first-order chi connectivity index (χ1) is 9.47. The lowest BCUT2D eigenvalue weighted by atomic mass is 9.99. The van der Waals surface area contributed by atoms with E-state index < -0.39 is 11.9 Å². The number of carbonyl (C=O) groups is 2. The number of aliphatic carboxylic acids is 1. The summed E-state index contributed by atoms with van der Waals surface area (Å²) >= 11 is 0. The molecular formula is C13H18N4O3. The Morgan fingerprint density at radius 3 is 2.85 bits per heavy atom. The zero-order valence-corrected chi connectivity index (χ0v) is 11.5. The maximum absolute atomic E-state index is 12.0. The molecule has 2 unspecified atom stereocenters. The third kappa shape index (κ3) is 3.23. The zero-order valence-electron chi connectivity index (χ0n) is 11.5. The first-order valence-corrected chi connectivity index (χ1v) is 6.51. The Morgan fingerprint density at radius 2 is 2.25 bits per heavy atom. The van der Waals surface area contributed by atoms with Gasteiger partial charge in [-0.25, -0.2) is 14.8 Å². The fraction of sp³-hybridized carbons (Fsp3) is 0.538. The Balaban J connectivity index is 1.88. The number of aryl methyl sites for hydroxylation is 1. The molecule has 0 saturated carbocycles. The van der Waals surface area contributed by atoms with Gasteiger partial charge in [0.15, 0.2) is 0 Å². The molecule has 0 aliphatic carbocycles. The van der Waals surface area contributed by atoms with Crippen molar-refractivity contribution < 1.29 is 14.7 Å². The highest BCUT2D eigenvalue weighted by atomic mass is 16.4. The van der Waals surface area contributed by atoms with Crippen molar-refractivity contribution in [2.75, 3.05) is 13.1 Å². The van der Waals surface area contributed by atoms with Gasteiger partial charge in [-0.3, -0.25) is 4.79 Å². The Kier molecular flexibility index (Phi) is 4.16. The summed E-state index contributed by atoms with van der Waals surface area (Å²) in [7, 11) is 0. The van der Waals surface area contributed by atoms with Gasteiger partial charge in [0.2, 0.25) is 0 Å². The van der Waals surface area contributed by atoms with Crippen molar-refractivity contribution in [2.45, 2.75) is 20.4 Å². The molecule has 2 amide bonds. The van der Waals surface area contributed by atoms with Crippen LogP contribution < -0.4 is 5.32 Å². The van der Waals surface area contributed by atoms with Crippen molar-refractivity contribution >= 4 is 12.0 Å². The number of rotatable bonds is 3. The Labute approximate surface area is 117 Å². The Morgan fingerprint density at radius 1 is 1.50 bits per heavy atom. The minimum Gasteiger partial charge on any atom is -0.481 e. The third-order valence-corrected chi connectivity index (χ3v) is 3.47. The van der Waals surface area contributed by atoms with E-state index in [9.17, 15) is 9.59 Å². The standard InChI is InChI=1S/C13H18N4O3/c1-8-6-17(7-11(8)12(18)19)13(20)15-5-10-3-4-14-9(2)16-10/h3-4,8,11H,5-7H2,1-2H3,(H,15,20)(H,18,19). The normalized spacial score (nSPS) is 21.8. The summed E-state index contributed by atoms with van der Waals surface area (Å²) < 4.78 is 0. The van der Waals surface area contributed by atoms with E-state index >= 15 is 0 Å². The number of likely N-dealkylation sites (tertiary alicyclic amines) is 1. The second-order valence-electron chi connectivity index (χ2n) is 5.08. The number of urea groups is 1. The van der Waals surface area contributed by atoms with Crippen LogP contribution >= 0.6 is 0 Å². The molecule has 0 spiro atoms. The fourth-order valence-corrected chi connectivity index (χ4v) is 2.34.